The Morgan fingerprint density at radius 3 is 1.32 bits per heavy atom. The lowest BCUT2D eigenvalue weighted by Gasteiger charge is -1.86. The van der Waals surface area contributed by atoms with E-state index in [9.17, 15) is 24.0 Å². The van der Waals surface area contributed by atoms with Crippen LogP contribution in [0.3, 0.4) is 0 Å². The maximum atomic E-state index is 11.3. The van der Waals surface area contributed by atoms with Gasteiger partial charge in [0.1, 0.15) is 0 Å². The Hall–Kier alpha value is -3.03. The average molecular weight is 301 g/mol. The highest BCUT2D eigenvalue weighted by Crippen LogP contribution is 2.12. The first kappa shape index (κ1) is 13.9. The number of aromatic nitrogens is 2. The predicted octanol–water partition coefficient (Wildman–Crippen LogP) is -1.14. The van der Waals surface area contributed by atoms with Gasteiger partial charge in [0.15, 0.2) is 0 Å². The molecule has 3 N–H and O–H groups in total. The molecule has 1 saturated heterocycles. The summed E-state index contributed by atoms with van der Waals surface area (Å²) >= 11 is 0. The molecular weight excluding hydrogens is 290 g/mol. The highest BCUT2D eigenvalue weighted by Gasteiger charge is 2.12. The summed E-state index contributed by atoms with van der Waals surface area (Å²) in [5.74, 6) is 0.204. The van der Waals surface area contributed by atoms with Crippen LogP contribution in [-0.2, 0) is 4.79 Å². The van der Waals surface area contributed by atoms with Crippen molar-refractivity contribution in [1.29, 1.82) is 0 Å². The van der Waals surface area contributed by atoms with E-state index in [0.717, 1.165) is 19.4 Å². The third kappa shape index (κ3) is 2.24. The molecule has 8 heteroatoms. The highest BCUT2D eigenvalue weighted by atomic mass is 16.2. The van der Waals surface area contributed by atoms with E-state index in [4.69, 9.17) is 0 Å². The quantitative estimate of drug-likeness (QED) is 0.483. The van der Waals surface area contributed by atoms with E-state index in [0.29, 0.717) is 0 Å². The molecule has 0 saturated carbocycles. The summed E-state index contributed by atoms with van der Waals surface area (Å²) in [6, 6.07) is 2.54. The Balaban J connectivity index is 0.000000202. The third-order valence-corrected chi connectivity index (χ3v) is 3.49. The Morgan fingerprint density at radius 2 is 1.09 bits per heavy atom. The van der Waals surface area contributed by atoms with Gasteiger partial charge in [-0.1, -0.05) is 0 Å². The minimum atomic E-state index is -0.546. The second-order valence-corrected chi connectivity index (χ2v) is 4.96. The van der Waals surface area contributed by atoms with Gasteiger partial charge in [0.05, 0.1) is 21.5 Å². The van der Waals surface area contributed by atoms with Gasteiger partial charge in [-0.05, 0) is 18.6 Å². The molecular formula is C14H11N3O5. The molecule has 1 aliphatic heterocycles. The minimum absolute atomic E-state index is 0.133. The number of nitrogens with one attached hydrogen (secondary N) is 3. The second kappa shape index (κ2) is 5.06. The van der Waals surface area contributed by atoms with Crippen LogP contribution in [0.1, 0.15) is 12.8 Å². The van der Waals surface area contributed by atoms with Crippen LogP contribution in [0.4, 0.5) is 0 Å². The van der Waals surface area contributed by atoms with E-state index in [-0.39, 0.29) is 27.5 Å². The van der Waals surface area contributed by atoms with Crippen molar-refractivity contribution in [2.45, 2.75) is 12.8 Å². The first-order chi connectivity index (χ1) is 10.5. The average Bonchev–Trinajstić information content (AvgIpc) is 3.13. The number of carbonyl (C=O) groups is 1. The molecule has 4 rings (SSSR count). The van der Waals surface area contributed by atoms with E-state index in [2.05, 4.69) is 15.3 Å². The number of hydrogen-bond acceptors (Lipinski definition) is 5. The second-order valence-electron chi connectivity index (χ2n) is 4.96. The Morgan fingerprint density at radius 1 is 0.682 bits per heavy atom. The summed E-state index contributed by atoms with van der Waals surface area (Å²) in [5, 5.41) is 3.21. The largest absolute Gasteiger partial charge is 0.356 e. The molecule has 0 atom stereocenters. The van der Waals surface area contributed by atoms with E-state index >= 15 is 0 Å². The van der Waals surface area contributed by atoms with Crippen molar-refractivity contribution >= 4 is 27.5 Å². The standard InChI is InChI=1S/C10H4N2O4.C4H7NO/c13-7-3-1-4-6(10(16)12-8(4)14)2-5(3)9(15)11-7;6-4-2-1-3-5-4/h1-2H,(H,11,13,15)(H,12,14,16);1-3H2,(H,5,6). The number of fused-ring (bicyclic) bond motifs is 2. The van der Waals surface area contributed by atoms with Crippen LogP contribution in [0.5, 0.6) is 0 Å². The molecule has 0 unspecified atom stereocenters. The number of H-pyrrole nitrogens is 2. The van der Waals surface area contributed by atoms with Crippen molar-refractivity contribution in [2.24, 2.45) is 0 Å². The SMILES string of the molecule is O=C1CCCN1.O=c1[nH]c(=O)c2cc3c(=O)[nH]c(=O)c3cc12. The van der Waals surface area contributed by atoms with Gasteiger partial charge in [-0.15, -0.1) is 0 Å². The molecule has 1 aliphatic rings. The molecule has 112 valence electrons. The van der Waals surface area contributed by atoms with Gasteiger partial charge in [0, 0.05) is 13.0 Å². The van der Waals surface area contributed by atoms with Crippen LogP contribution in [0.25, 0.3) is 21.5 Å². The Labute approximate surface area is 121 Å². The Bertz CT molecular complexity index is 927. The van der Waals surface area contributed by atoms with E-state index in [1.54, 1.807) is 0 Å². The normalized spacial score (nSPS) is 14.1. The van der Waals surface area contributed by atoms with E-state index in [1.807, 2.05) is 0 Å². The zero-order valence-corrected chi connectivity index (χ0v) is 11.3. The number of hydrogen-bond donors (Lipinski definition) is 3. The molecule has 3 aromatic rings. The molecule has 22 heavy (non-hydrogen) atoms. The first-order valence-electron chi connectivity index (χ1n) is 6.63. The fraction of sp³-hybridized carbons (Fsp3) is 0.214. The van der Waals surface area contributed by atoms with Gasteiger partial charge in [0.2, 0.25) is 5.91 Å². The van der Waals surface area contributed by atoms with Gasteiger partial charge in [-0.25, -0.2) is 0 Å². The van der Waals surface area contributed by atoms with Crippen molar-refractivity contribution in [3.05, 3.63) is 53.5 Å². The van der Waals surface area contributed by atoms with Crippen LogP contribution in [0.15, 0.2) is 31.3 Å². The number of benzene rings is 1. The summed E-state index contributed by atoms with van der Waals surface area (Å²) in [6.45, 7) is 0.888. The van der Waals surface area contributed by atoms with Crippen LogP contribution in [0.2, 0.25) is 0 Å². The van der Waals surface area contributed by atoms with Crippen molar-refractivity contribution in [1.82, 2.24) is 15.3 Å². The molecule has 0 aliphatic carbocycles. The third-order valence-electron chi connectivity index (χ3n) is 3.49. The van der Waals surface area contributed by atoms with Crippen LogP contribution < -0.4 is 27.6 Å². The molecule has 3 heterocycles. The number of aromatic amines is 2. The van der Waals surface area contributed by atoms with E-state index < -0.39 is 22.2 Å². The van der Waals surface area contributed by atoms with Crippen molar-refractivity contribution in [3.8, 4) is 0 Å². The van der Waals surface area contributed by atoms with Gasteiger partial charge in [-0.3, -0.25) is 33.9 Å². The van der Waals surface area contributed by atoms with Gasteiger partial charge >= 0.3 is 0 Å². The molecule has 0 radical (unpaired) electrons. The summed E-state index contributed by atoms with van der Waals surface area (Å²) in [5.41, 5.74) is -2.19. The molecule has 0 spiro atoms. The highest BCUT2D eigenvalue weighted by molar-refractivity contribution is 5.97. The van der Waals surface area contributed by atoms with Gasteiger partial charge in [0.25, 0.3) is 22.2 Å². The fourth-order valence-electron chi connectivity index (χ4n) is 2.39. The predicted molar refractivity (Wildman–Crippen MR) is 79.9 cm³/mol. The summed E-state index contributed by atoms with van der Waals surface area (Å²) in [4.78, 5) is 59.6. The zero-order valence-electron chi connectivity index (χ0n) is 11.3. The molecule has 1 aromatic carbocycles. The molecule has 0 bridgehead atoms. The maximum Gasteiger partial charge on any atom is 0.258 e. The van der Waals surface area contributed by atoms with Gasteiger partial charge in [-0.2, -0.15) is 0 Å². The molecule has 8 nitrogen and oxygen atoms in total. The van der Waals surface area contributed by atoms with E-state index in [1.165, 1.54) is 12.1 Å². The van der Waals surface area contributed by atoms with Crippen molar-refractivity contribution < 1.29 is 4.79 Å². The van der Waals surface area contributed by atoms with Crippen molar-refractivity contribution in [2.75, 3.05) is 6.54 Å². The summed E-state index contributed by atoms with van der Waals surface area (Å²) < 4.78 is 0. The zero-order chi connectivity index (χ0) is 15.9. The maximum absolute atomic E-state index is 11.3. The van der Waals surface area contributed by atoms with Crippen molar-refractivity contribution in [3.63, 3.8) is 0 Å². The lowest BCUT2D eigenvalue weighted by molar-refractivity contribution is -0.119. The topological polar surface area (TPSA) is 129 Å². The Kier molecular flexibility index (Phi) is 3.21. The number of carbonyl (C=O) groups excluding carboxylic acids is 1. The molecule has 1 amide bonds. The fourth-order valence-corrected chi connectivity index (χ4v) is 2.39. The monoisotopic (exact) mass is 301 g/mol. The number of amides is 1. The minimum Gasteiger partial charge on any atom is -0.356 e. The van der Waals surface area contributed by atoms with Gasteiger partial charge < -0.3 is 5.32 Å². The van der Waals surface area contributed by atoms with Crippen LogP contribution in [0, 0.1) is 0 Å². The number of rotatable bonds is 0. The first-order valence-corrected chi connectivity index (χ1v) is 6.63. The molecule has 1 fully saturated rings. The van der Waals surface area contributed by atoms with Crippen LogP contribution in [-0.4, -0.2) is 22.4 Å². The van der Waals surface area contributed by atoms with Crippen LogP contribution >= 0.6 is 0 Å². The lowest BCUT2D eigenvalue weighted by atomic mass is 10.1. The summed E-state index contributed by atoms with van der Waals surface area (Å²) in [6.07, 6.45) is 1.76. The lowest BCUT2D eigenvalue weighted by Crippen LogP contribution is -2.12. The smallest absolute Gasteiger partial charge is 0.258 e. The summed E-state index contributed by atoms with van der Waals surface area (Å²) in [7, 11) is 0. The molecule has 2 aromatic heterocycles.